The molecule has 0 amide bonds. The minimum absolute atomic E-state index is 0.199. The third-order valence-corrected chi connectivity index (χ3v) is 5.22. The highest BCUT2D eigenvalue weighted by Crippen LogP contribution is 2.31. The molecular weight excluding hydrogens is 274 g/mol. The highest BCUT2D eigenvalue weighted by atomic mass is 32.1. The summed E-state index contributed by atoms with van der Waals surface area (Å²) in [6.07, 6.45) is 7.17. The lowest BCUT2D eigenvalue weighted by Crippen LogP contribution is -2.08. The van der Waals surface area contributed by atoms with Gasteiger partial charge < -0.3 is 10.1 Å². The number of hydrogen-bond acceptors (Lipinski definition) is 3. The van der Waals surface area contributed by atoms with Gasteiger partial charge in [0, 0.05) is 11.4 Å². The number of carboxylic acid groups (broad SMARTS) is 1. The number of nitrogens with one attached hydrogen (secondary N) is 1. The SMILES string of the molecule is O=C(O)c1csc2c(CCC3CCCC3)cc(=O)[nH]c12. The molecule has 0 saturated heterocycles. The van der Waals surface area contributed by atoms with Crippen molar-refractivity contribution < 1.29 is 9.90 Å². The van der Waals surface area contributed by atoms with E-state index in [0.717, 1.165) is 29.0 Å². The molecule has 0 spiro atoms. The lowest BCUT2D eigenvalue weighted by Gasteiger charge is -2.09. The Labute approximate surface area is 120 Å². The number of pyridine rings is 1. The second kappa shape index (κ2) is 5.40. The van der Waals surface area contributed by atoms with E-state index in [1.807, 2.05) is 0 Å². The summed E-state index contributed by atoms with van der Waals surface area (Å²) in [6, 6.07) is 1.62. The first-order valence-corrected chi connectivity index (χ1v) is 7.90. The second-order valence-electron chi connectivity index (χ2n) is 5.51. The molecule has 2 aromatic heterocycles. The van der Waals surface area contributed by atoms with Gasteiger partial charge in [0.25, 0.3) is 0 Å². The average Bonchev–Trinajstić information content (AvgIpc) is 3.04. The summed E-state index contributed by atoms with van der Waals surface area (Å²) >= 11 is 1.41. The molecule has 1 aliphatic carbocycles. The van der Waals surface area contributed by atoms with Gasteiger partial charge in [-0.2, -0.15) is 0 Å². The Hall–Kier alpha value is -1.62. The number of carboxylic acids is 1. The Kier molecular flexibility index (Phi) is 3.61. The Morgan fingerprint density at radius 3 is 2.85 bits per heavy atom. The van der Waals surface area contributed by atoms with Crippen molar-refractivity contribution in [2.24, 2.45) is 5.92 Å². The highest BCUT2D eigenvalue weighted by Gasteiger charge is 2.18. The van der Waals surface area contributed by atoms with Gasteiger partial charge in [-0.1, -0.05) is 25.7 Å². The van der Waals surface area contributed by atoms with Gasteiger partial charge in [0.2, 0.25) is 5.56 Å². The fourth-order valence-corrected chi connectivity index (χ4v) is 4.15. The van der Waals surface area contributed by atoms with E-state index in [-0.39, 0.29) is 11.1 Å². The van der Waals surface area contributed by atoms with E-state index in [2.05, 4.69) is 4.98 Å². The largest absolute Gasteiger partial charge is 0.478 e. The third kappa shape index (κ3) is 2.50. The average molecular weight is 291 g/mol. The molecule has 2 aromatic rings. The maximum atomic E-state index is 11.7. The molecule has 0 aliphatic heterocycles. The predicted molar refractivity (Wildman–Crippen MR) is 79.7 cm³/mol. The summed E-state index contributed by atoms with van der Waals surface area (Å²) < 4.78 is 0.917. The fraction of sp³-hybridized carbons (Fsp3) is 0.467. The van der Waals surface area contributed by atoms with Crippen LogP contribution in [0.25, 0.3) is 10.2 Å². The van der Waals surface area contributed by atoms with Crippen molar-refractivity contribution in [3.8, 4) is 0 Å². The monoisotopic (exact) mass is 291 g/mol. The van der Waals surface area contributed by atoms with Crippen molar-refractivity contribution in [2.45, 2.75) is 38.5 Å². The third-order valence-electron chi connectivity index (χ3n) is 4.16. The molecule has 5 heteroatoms. The summed E-state index contributed by atoms with van der Waals surface area (Å²) in [7, 11) is 0. The summed E-state index contributed by atoms with van der Waals surface area (Å²) in [5.41, 5.74) is 1.47. The smallest absolute Gasteiger partial charge is 0.338 e. The number of fused-ring (bicyclic) bond motifs is 1. The summed E-state index contributed by atoms with van der Waals surface area (Å²) in [5, 5.41) is 10.8. The Bertz CT molecular complexity index is 695. The predicted octanol–water partition coefficient (Wildman–Crippen LogP) is 3.41. The normalized spacial score (nSPS) is 16.0. The number of aromatic amines is 1. The zero-order valence-corrected chi connectivity index (χ0v) is 12.0. The van der Waals surface area contributed by atoms with Crippen molar-refractivity contribution >= 4 is 27.5 Å². The minimum atomic E-state index is -0.986. The number of aromatic carboxylic acids is 1. The van der Waals surface area contributed by atoms with E-state index < -0.39 is 5.97 Å². The maximum absolute atomic E-state index is 11.7. The quantitative estimate of drug-likeness (QED) is 0.907. The molecule has 3 rings (SSSR count). The topological polar surface area (TPSA) is 70.2 Å². The first-order valence-electron chi connectivity index (χ1n) is 7.02. The van der Waals surface area contributed by atoms with E-state index in [4.69, 9.17) is 5.11 Å². The summed E-state index contributed by atoms with van der Waals surface area (Å²) in [5.74, 6) is -0.219. The number of hydrogen-bond donors (Lipinski definition) is 2. The molecule has 0 radical (unpaired) electrons. The van der Waals surface area contributed by atoms with Crippen molar-refractivity contribution in [2.75, 3.05) is 0 Å². The number of aromatic nitrogens is 1. The molecule has 0 bridgehead atoms. The summed E-state index contributed by atoms with van der Waals surface area (Å²) in [6.45, 7) is 0. The summed E-state index contributed by atoms with van der Waals surface area (Å²) in [4.78, 5) is 25.5. The lowest BCUT2D eigenvalue weighted by atomic mass is 9.98. The molecule has 1 aliphatic rings. The molecule has 1 saturated carbocycles. The van der Waals surface area contributed by atoms with Crippen molar-refractivity contribution in [1.82, 2.24) is 4.98 Å². The van der Waals surface area contributed by atoms with Crippen molar-refractivity contribution in [3.63, 3.8) is 0 Å². The molecular formula is C15H17NO3S. The second-order valence-corrected chi connectivity index (χ2v) is 6.39. The maximum Gasteiger partial charge on any atom is 0.338 e. The number of carbonyl (C=O) groups is 1. The van der Waals surface area contributed by atoms with E-state index in [0.29, 0.717) is 5.52 Å². The minimum Gasteiger partial charge on any atom is -0.478 e. The van der Waals surface area contributed by atoms with Gasteiger partial charge in [-0.3, -0.25) is 4.79 Å². The Morgan fingerprint density at radius 1 is 1.40 bits per heavy atom. The van der Waals surface area contributed by atoms with Crippen LogP contribution in [0.4, 0.5) is 0 Å². The molecule has 106 valence electrons. The first-order chi connectivity index (χ1) is 9.65. The fourth-order valence-electron chi connectivity index (χ4n) is 3.10. The van der Waals surface area contributed by atoms with Crippen LogP contribution in [0.5, 0.6) is 0 Å². The van der Waals surface area contributed by atoms with Gasteiger partial charge in [0.05, 0.1) is 15.8 Å². The van der Waals surface area contributed by atoms with Crippen LogP contribution in [0.3, 0.4) is 0 Å². The van der Waals surface area contributed by atoms with Crippen molar-refractivity contribution in [1.29, 1.82) is 0 Å². The number of thiophene rings is 1. The molecule has 0 atom stereocenters. The van der Waals surface area contributed by atoms with Gasteiger partial charge in [-0.15, -0.1) is 11.3 Å². The lowest BCUT2D eigenvalue weighted by molar-refractivity contribution is 0.0699. The van der Waals surface area contributed by atoms with Crippen LogP contribution in [-0.4, -0.2) is 16.1 Å². The zero-order chi connectivity index (χ0) is 14.1. The van der Waals surface area contributed by atoms with Crippen LogP contribution < -0.4 is 5.56 Å². The van der Waals surface area contributed by atoms with E-state index in [1.54, 1.807) is 11.4 Å². The van der Waals surface area contributed by atoms with Gasteiger partial charge in [0.1, 0.15) is 0 Å². The molecule has 0 aromatic carbocycles. The standard InChI is InChI=1S/C15H17NO3S/c17-12-7-10(6-5-9-3-1-2-4-9)14-13(16-12)11(8-20-14)15(18)19/h7-9H,1-6H2,(H,16,17)(H,18,19). The van der Waals surface area contributed by atoms with Crippen LogP contribution in [0.15, 0.2) is 16.2 Å². The van der Waals surface area contributed by atoms with Gasteiger partial charge in [-0.25, -0.2) is 4.79 Å². The van der Waals surface area contributed by atoms with Crippen LogP contribution in [0, 0.1) is 5.92 Å². The van der Waals surface area contributed by atoms with Crippen LogP contribution >= 0.6 is 11.3 Å². The first kappa shape index (κ1) is 13.4. The van der Waals surface area contributed by atoms with E-state index >= 15 is 0 Å². The van der Waals surface area contributed by atoms with E-state index in [9.17, 15) is 9.59 Å². The Balaban J connectivity index is 1.93. The zero-order valence-electron chi connectivity index (χ0n) is 11.1. The number of rotatable bonds is 4. The molecule has 0 unspecified atom stereocenters. The molecule has 20 heavy (non-hydrogen) atoms. The van der Waals surface area contributed by atoms with Crippen LogP contribution in [0.2, 0.25) is 0 Å². The molecule has 1 fully saturated rings. The molecule has 2 N–H and O–H groups in total. The molecule has 4 nitrogen and oxygen atoms in total. The molecule has 2 heterocycles. The van der Waals surface area contributed by atoms with Gasteiger partial charge in [-0.05, 0) is 24.3 Å². The number of aryl methyl sites for hydroxylation is 1. The van der Waals surface area contributed by atoms with Gasteiger partial charge >= 0.3 is 5.97 Å². The van der Waals surface area contributed by atoms with Crippen LogP contribution in [-0.2, 0) is 6.42 Å². The highest BCUT2D eigenvalue weighted by molar-refractivity contribution is 7.17. The van der Waals surface area contributed by atoms with Gasteiger partial charge in [0.15, 0.2) is 0 Å². The number of H-pyrrole nitrogens is 1. The van der Waals surface area contributed by atoms with Crippen LogP contribution in [0.1, 0.15) is 48.0 Å². The Morgan fingerprint density at radius 2 is 2.15 bits per heavy atom. The van der Waals surface area contributed by atoms with E-state index in [1.165, 1.54) is 37.0 Å². The van der Waals surface area contributed by atoms with Crippen molar-refractivity contribution in [3.05, 3.63) is 32.9 Å².